The molecule has 1 aliphatic heterocycles. The lowest BCUT2D eigenvalue weighted by atomic mass is 9.87. The van der Waals surface area contributed by atoms with E-state index in [1.807, 2.05) is 6.92 Å². The molecule has 0 bridgehead atoms. The predicted octanol–water partition coefficient (Wildman–Crippen LogP) is 3.69. The third-order valence-corrected chi connectivity index (χ3v) is 3.51. The fraction of sp³-hybridized carbons (Fsp3) is 0.625. The van der Waals surface area contributed by atoms with Crippen molar-refractivity contribution in [1.29, 1.82) is 0 Å². The van der Waals surface area contributed by atoms with Gasteiger partial charge in [0.25, 0.3) is 0 Å². The minimum Gasteiger partial charge on any atom is -0.365 e. The van der Waals surface area contributed by atoms with Gasteiger partial charge in [0.05, 0.1) is 0 Å². The molecule has 0 aromatic heterocycles. The number of hydrogen-bond donors (Lipinski definition) is 1. The van der Waals surface area contributed by atoms with E-state index in [4.69, 9.17) is 0 Å². The molecule has 1 N–H and O–H groups in total. The van der Waals surface area contributed by atoms with Gasteiger partial charge in [-0.05, 0) is 45.1 Å². The standard InChI is InChI=1S/C16H28N2/c1-5-7-11-15(17-6-2)16(3,4)14-18-12-9-8-10-13-18/h5-7,11,17H,2,8-10,12-14H2,1,3-4H3/b7-5-,15-11-. The van der Waals surface area contributed by atoms with E-state index in [1.165, 1.54) is 38.0 Å². The Labute approximate surface area is 112 Å². The Morgan fingerprint density at radius 3 is 2.50 bits per heavy atom. The number of piperidine rings is 1. The SMILES string of the molecule is C=CN/C(=C\C=C/C)C(C)(C)CN1CCCCC1. The van der Waals surface area contributed by atoms with Gasteiger partial charge in [-0.3, -0.25) is 0 Å². The molecule has 0 aromatic carbocycles. The topological polar surface area (TPSA) is 15.3 Å². The van der Waals surface area contributed by atoms with Gasteiger partial charge < -0.3 is 10.2 Å². The zero-order valence-corrected chi connectivity index (χ0v) is 12.2. The molecule has 0 amide bonds. The molecule has 0 atom stereocenters. The van der Waals surface area contributed by atoms with E-state index in [0.29, 0.717) is 0 Å². The second-order valence-corrected chi connectivity index (χ2v) is 5.68. The van der Waals surface area contributed by atoms with Crippen LogP contribution in [0.5, 0.6) is 0 Å². The van der Waals surface area contributed by atoms with Crippen LogP contribution in [-0.4, -0.2) is 24.5 Å². The Balaban J connectivity index is 2.69. The summed E-state index contributed by atoms with van der Waals surface area (Å²) in [5.41, 5.74) is 1.37. The Bertz CT molecular complexity index is 307. The average Bonchev–Trinajstić information content (AvgIpc) is 2.35. The highest BCUT2D eigenvalue weighted by atomic mass is 15.1. The van der Waals surface area contributed by atoms with Gasteiger partial charge in [0.1, 0.15) is 0 Å². The summed E-state index contributed by atoms with van der Waals surface area (Å²) >= 11 is 0. The summed E-state index contributed by atoms with van der Waals surface area (Å²) in [6.45, 7) is 14.0. The Kier molecular flexibility index (Phi) is 6.20. The Hall–Kier alpha value is -1.02. The maximum absolute atomic E-state index is 3.78. The molecule has 1 saturated heterocycles. The van der Waals surface area contributed by atoms with E-state index in [-0.39, 0.29) is 5.41 Å². The lowest BCUT2D eigenvalue weighted by Crippen LogP contribution is -2.40. The molecule has 18 heavy (non-hydrogen) atoms. The summed E-state index contributed by atoms with van der Waals surface area (Å²) in [6, 6.07) is 0. The fourth-order valence-electron chi connectivity index (χ4n) is 2.53. The zero-order chi connectivity index (χ0) is 13.4. The van der Waals surface area contributed by atoms with Crippen molar-refractivity contribution in [2.24, 2.45) is 5.41 Å². The number of nitrogens with zero attached hydrogens (tertiary/aromatic N) is 1. The van der Waals surface area contributed by atoms with Crippen LogP contribution in [0.1, 0.15) is 40.0 Å². The molecule has 102 valence electrons. The molecule has 0 aliphatic carbocycles. The number of hydrogen-bond acceptors (Lipinski definition) is 2. The van der Waals surface area contributed by atoms with Crippen LogP contribution in [0.25, 0.3) is 0 Å². The van der Waals surface area contributed by atoms with Crippen molar-refractivity contribution in [3.63, 3.8) is 0 Å². The Morgan fingerprint density at radius 1 is 1.28 bits per heavy atom. The van der Waals surface area contributed by atoms with Gasteiger partial charge in [-0.2, -0.15) is 0 Å². The molecule has 1 fully saturated rings. The van der Waals surface area contributed by atoms with Gasteiger partial charge in [0, 0.05) is 17.7 Å². The average molecular weight is 248 g/mol. The van der Waals surface area contributed by atoms with Crippen molar-refractivity contribution in [1.82, 2.24) is 10.2 Å². The van der Waals surface area contributed by atoms with Crippen molar-refractivity contribution >= 4 is 0 Å². The first kappa shape index (κ1) is 15.0. The summed E-state index contributed by atoms with van der Waals surface area (Å²) in [7, 11) is 0. The molecule has 1 heterocycles. The second-order valence-electron chi connectivity index (χ2n) is 5.68. The molecular formula is C16H28N2. The predicted molar refractivity (Wildman–Crippen MR) is 80.3 cm³/mol. The molecular weight excluding hydrogens is 220 g/mol. The summed E-state index contributed by atoms with van der Waals surface area (Å²) in [6.07, 6.45) is 12.2. The maximum Gasteiger partial charge on any atom is 0.0216 e. The molecule has 0 radical (unpaired) electrons. The van der Waals surface area contributed by atoms with E-state index < -0.39 is 0 Å². The van der Waals surface area contributed by atoms with Crippen LogP contribution in [-0.2, 0) is 0 Å². The van der Waals surface area contributed by atoms with Crippen LogP contribution in [0, 0.1) is 5.41 Å². The van der Waals surface area contributed by atoms with Crippen LogP contribution < -0.4 is 5.32 Å². The molecule has 2 heteroatoms. The maximum atomic E-state index is 3.78. The summed E-state index contributed by atoms with van der Waals surface area (Å²) < 4.78 is 0. The lowest BCUT2D eigenvalue weighted by Gasteiger charge is -2.36. The monoisotopic (exact) mass is 248 g/mol. The van der Waals surface area contributed by atoms with Crippen molar-refractivity contribution in [3.8, 4) is 0 Å². The number of nitrogens with one attached hydrogen (secondary N) is 1. The van der Waals surface area contributed by atoms with Gasteiger partial charge in [-0.1, -0.05) is 39.0 Å². The van der Waals surface area contributed by atoms with Crippen LogP contribution in [0.15, 0.2) is 36.7 Å². The van der Waals surface area contributed by atoms with Crippen LogP contribution in [0.2, 0.25) is 0 Å². The van der Waals surface area contributed by atoms with Crippen LogP contribution in [0.3, 0.4) is 0 Å². The second kappa shape index (κ2) is 7.42. The fourth-order valence-corrected chi connectivity index (χ4v) is 2.53. The summed E-state index contributed by atoms with van der Waals surface area (Å²) in [4.78, 5) is 2.58. The zero-order valence-electron chi connectivity index (χ0n) is 12.2. The van der Waals surface area contributed by atoms with Gasteiger partial charge in [0.15, 0.2) is 0 Å². The largest absolute Gasteiger partial charge is 0.365 e. The molecule has 0 unspecified atom stereocenters. The first-order chi connectivity index (χ1) is 8.60. The quantitative estimate of drug-likeness (QED) is 0.721. The molecule has 1 aliphatic rings. The molecule has 0 aromatic rings. The first-order valence-electron chi connectivity index (χ1n) is 7.03. The minimum absolute atomic E-state index is 0.130. The number of rotatable bonds is 6. The van der Waals surface area contributed by atoms with E-state index >= 15 is 0 Å². The third-order valence-electron chi connectivity index (χ3n) is 3.51. The van der Waals surface area contributed by atoms with Crippen molar-refractivity contribution in [2.45, 2.75) is 40.0 Å². The van der Waals surface area contributed by atoms with Crippen LogP contribution in [0.4, 0.5) is 0 Å². The lowest BCUT2D eigenvalue weighted by molar-refractivity contribution is 0.169. The van der Waals surface area contributed by atoms with Crippen molar-refractivity contribution in [2.75, 3.05) is 19.6 Å². The van der Waals surface area contributed by atoms with E-state index in [2.05, 4.69) is 48.9 Å². The number of allylic oxidation sites excluding steroid dienone is 3. The highest BCUT2D eigenvalue weighted by molar-refractivity contribution is 5.19. The summed E-state index contributed by atoms with van der Waals surface area (Å²) in [5, 5.41) is 3.29. The van der Waals surface area contributed by atoms with E-state index in [0.717, 1.165) is 6.54 Å². The minimum atomic E-state index is 0.130. The van der Waals surface area contributed by atoms with Crippen molar-refractivity contribution in [3.05, 3.63) is 36.7 Å². The molecule has 1 rings (SSSR count). The normalized spacial score (nSPS) is 19.2. The van der Waals surface area contributed by atoms with E-state index in [1.54, 1.807) is 6.20 Å². The van der Waals surface area contributed by atoms with Gasteiger partial charge in [-0.15, -0.1) is 0 Å². The molecule has 2 nitrogen and oxygen atoms in total. The summed E-state index contributed by atoms with van der Waals surface area (Å²) in [5.74, 6) is 0. The molecule has 0 saturated carbocycles. The van der Waals surface area contributed by atoms with Gasteiger partial charge in [0.2, 0.25) is 0 Å². The van der Waals surface area contributed by atoms with Gasteiger partial charge >= 0.3 is 0 Å². The molecule has 0 spiro atoms. The Morgan fingerprint density at radius 2 is 1.94 bits per heavy atom. The van der Waals surface area contributed by atoms with Gasteiger partial charge in [-0.25, -0.2) is 0 Å². The highest BCUT2D eigenvalue weighted by Gasteiger charge is 2.26. The van der Waals surface area contributed by atoms with E-state index in [9.17, 15) is 0 Å². The van der Waals surface area contributed by atoms with Crippen LogP contribution >= 0.6 is 0 Å². The number of likely N-dealkylation sites (tertiary alicyclic amines) is 1. The first-order valence-corrected chi connectivity index (χ1v) is 7.03. The van der Waals surface area contributed by atoms with Crippen molar-refractivity contribution < 1.29 is 0 Å². The third kappa shape index (κ3) is 4.69. The smallest absolute Gasteiger partial charge is 0.0216 e. The highest BCUT2D eigenvalue weighted by Crippen LogP contribution is 2.27.